The number of carboxylic acids is 1. The number of H-pyrrole nitrogens is 1. The number of nitrogens with zero attached hydrogens (tertiary/aromatic N) is 1. The summed E-state index contributed by atoms with van der Waals surface area (Å²) in [6, 6.07) is -0.851. The molecule has 1 radical (unpaired) electrons. The van der Waals surface area contributed by atoms with Gasteiger partial charge in [0.15, 0.2) is 0 Å². The Kier molecular flexibility index (Phi) is 6.64. The van der Waals surface area contributed by atoms with Gasteiger partial charge in [-0.3, -0.25) is 4.79 Å². The Labute approximate surface area is 91.3 Å². The van der Waals surface area contributed by atoms with Crippen molar-refractivity contribution < 1.29 is 9.90 Å². The molecule has 1 aromatic rings. The van der Waals surface area contributed by atoms with Crippen LogP contribution in [0.2, 0.25) is 19.6 Å². The van der Waals surface area contributed by atoms with Gasteiger partial charge >= 0.3 is 5.97 Å². The summed E-state index contributed by atoms with van der Waals surface area (Å²) >= 11 is 0. The minimum atomic E-state index is -1.00. The predicted octanol–water partition coefficient (Wildman–Crippen LogP) is 0.735. The first kappa shape index (κ1) is 13.9. The van der Waals surface area contributed by atoms with Crippen molar-refractivity contribution in [2.75, 3.05) is 0 Å². The van der Waals surface area contributed by atoms with Crippen LogP contribution in [0.15, 0.2) is 12.5 Å². The van der Waals surface area contributed by atoms with E-state index in [0.717, 1.165) is 5.69 Å². The number of aliphatic carboxylic acids is 1. The molecule has 0 spiro atoms. The molecule has 0 saturated carbocycles. The fourth-order valence-corrected chi connectivity index (χ4v) is 0.721. The number of aromatic amines is 1. The maximum absolute atomic E-state index is 10.3. The van der Waals surface area contributed by atoms with E-state index in [9.17, 15) is 4.79 Å². The second-order valence-electron chi connectivity index (χ2n) is 3.73. The van der Waals surface area contributed by atoms with Crippen LogP contribution in [0.3, 0.4) is 0 Å². The van der Waals surface area contributed by atoms with Crippen molar-refractivity contribution in [1.82, 2.24) is 9.97 Å². The lowest BCUT2D eigenvalue weighted by Gasteiger charge is -2.02. The zero-order valence-electron chi connectivity index (χ0n) is 9.32. The molecule has 15 heavy (non-hydrogen) atoms. The molecule has 0 amide bonds. The maximum Gasteiger partial charge on any atom is 0.320 e. The molecule has 1 aromatic heterocycles. The topological polar surface area (TPSA) is 92.0 Å². The third-order valence-electron chi connectivity index (χ3n) is 1.31. The summed E-state index contributed by atoms with van der Waals surface area (Å²) in [7, 11) is 0.120. The molecule has 1 rings (SSSR count). The summed E-state index contributed by atoms with van der Waals surface area (Å²) in [5.41, 5.74) is 6.00. The average molecular weight is 228 g/mol. The SMILES string of the molecule is C[Si](C)C.N[C@@H](Cc1cnc[nH]1)C(=O)O. The van der Waals surface area contributed by atoms with Gasteiger partial charge in [-0.25, -0.2) is 4.98 Å². The van der Waals surface area contributed by atoms with E-state index in [-0.39, 0.29) is 15.2 Å². The van der Waals surface area contributed by atoms with Gasteiger partial charge in [0.05, 0.1) is 6.33 Å². The third kappa shape index (κ3) is 7.89. The molecule has 0 fully saturated rings. The first-order valence-corrected chi connectivity index (χ1v) is 7.66. The highest BCUT2D eigenvalue weighted by atomic mass is 28.3. The van der Waals surface area contributed by atoms with Gasteiger partial charge in [-0.2, -0.15) is 0 Å². The van der Waals surface area contributed by atoms with E-state index in [1.807, 2.05) is 0 Å². The van der Waals surface area contributed by atoms with E-state index in [1.54, 1.807) is 6.20 Å². The van der Waals surface area contributed by atoms with Crippen molar-refractivity contribution in [2.24, 2.45) is 5.73 Å². The van der Waals surface area contributed by atoms with Gasteiger partial charge in [-0.1, -0.05) is 19.6 Å². The van der Waals surface area contributed by atoms with Crippen molar-refractivity contribution >= 4 is 14.8 Å². The van der Waals surface area contributed by atoms with E-state index < -0.39 is 12.0 Å². The Morgan fingerprint density at radius 3 is 2.53 bits per heavy atom. The summed E-state index contributed by atoms with van der Waals surface area (Å²) in [5, 5.41) is 8.42. The van der Waals surface area contributed by atoms with Crippen LogP contribution in [0.25, 0.3) is 0 Å². The summed E-state index contributed by atoms with van der Waals surface area (Å²) in [6.07, 6.45) is 3.34. The van der Waals surface area contributed by atoms with Gasteiger partial charge in [0.2, 0.25) is 0 Å². The zero-order chi connectivity index (χ0) is 11.8. The number of hydrogen-bond donors (Lipinski definition) is 3. The zero-order valence-corrected chi connectivity index (χ0v) is 10.3. The van der Waals surface area contributed by atoms with Gasteiger partial charge < -0.3 is 15.8 Å². The highest BCUT2D eigenvalue weighted by Crippen LogP contribution is 1.95. The highest BCUT2D eigenvalue weighted by Gasteiger charge is 2.11. The number of nitrogens with one attached hydrogen (secondary N) is 1. The molecule has 4 N–H and O–H groups in total. The van der Waals surface area contributed by atoms with Crippen LogP contribution in [0.5, 0.6) is 0 Å². The molecule has 6 heteroatoms. The van der Waals surface area contributed by atoms with E-state index in [4.69, 9.17) is 10.8 Å². The van der Waals surface area contributed by atoms with Gasteiger partial charge in [0.1, 0.15) is 6.04 Å². The maximum atomic E-state index is 10.3. The normalized spacial score (nSPS) is 11.8. The summed E-state index contributed by atoms with van der Waals surface area (Å²) in [6.45, 7) is 6.81. The molecule has 1 atom stereocenters. The first-order valence-electron chi connectivity index (χ1n) is 4.66. The minimum Gasteiger partial charge on any atom is -0.480 e. The molecule has 0 unspecified atom stereocenters. The second-order valence-corrected chi connectivity index (χ2v) is 6.73. The lowest BCUT2D eigenvalue weighted by molar-refractivity contribution is -0.138. The predicted molar refractivity (Wildman–Crippen MR) is 61.2 cm³/mol. The molecule has 0 saturated heterocycles. The van der Waals surface area contributed by atoms with E-state index in [1.165, 1.54) is 6.33 Å². The van der Waals surface area contributed by atoms with E-state index in [0.29, 0.717) is 0 Å². The van der Waals surface area contributed by atoms with Crippen molar-refractivity contribution in [3.63, 3.8) is 0 Å². The molecule has 0 aliphatic rings. The van der Waals surface area contributed by atoms with Crippen LogP contribution in [0.1, 0.15) is 5.69 Å². The number of carbonyl (C=O) groups is 1. The smallest absolute Gasteiger partial charge is 0.320 e. The van der Waals surface area contributed by atoms with Crippen LogP contribution < -0.4 is 5.73 Å². The van der Waals surface area contributed by atoms with Crippen molar-refractivity contribution in [3.05, 3.63) is 18.2 Å². The molecular weight excluding hydrogens is 210 g/mol. The number of carboxylic acid groups (broad SMARTS) is 1. The van der Waals surface area contributed by atoms with Gasteiger partial charge in [-0.05, 0) is 0 Å². The quantitative estimate of drug-likeness (QED) is 0.665. The van der Waals surface area contributed by atoms with Crippen molar-refractivity contribution in [3.8, 4) is 0 Å². The molecule has 0 aromatic carbocycles. The molecule has 0 aliphatic carbocycles. The van der Waals surface area contributed by atoms with E-state index >= 15 is 0 Å². The lowest BCUT2D eigenvalue weighted by atomic mass is 10.2. The molecule has 1 heterocycles. The Balaban J connectivity index is 0.000000423. The minimum absolute atomic E-state index is 0.120. The van der Waals surface area contributed by atoms with Crippen LogP contribution in [-0.2, 0) is 11.2 Å². The number of hydrogen-bond acceptors (Lipinski definition) is 3. The fourth-order valence-electron chi connectivity index (χ4n) is 0.721. The van der Waals surface area contributed by atoms with Crippen LogP contribution in [0.4, 0.5) is 0 Å². The first-order chi connectivity index (χ1) is 6.93. The van der Waals surface area contributed by atoms with Gasteiger partial charge in [0, 0.05) is 27.1 Å². The van der Waals surface area contributed by atoms with Crippen LogP contribution in [0, 0.1) is 0 Å². The van der Waals surface area contributed by atoms with E-state index in [2.05, 4.69) is 29.6 Å². The largest absolute Gasteiger partial charge is 0.480 e. The Hall–Kier alpha value is -1.14. The monoisotopic (exact) mass is 228 g/mol. The van der Waals surface area contributed by atoms with Crippen LogP contribution in [-0.4, -0.2) is 35.9 Å². The number of imidazole rings is 1. The number of aromatic nitrogens is 2. The Morgan fingerprint density at radius 1 is 1.67 bits per heavy atom. The molecule has 85 valence electrons. The highest BCUT2D eigenvalue weighted by molar-refractivity contribution is 6.54. The number of rotatable bonds is 3. The molecule has 5 nitrogen and oxygen atoms in total. The van der Waals surface area contributed by atoms with Crippen molar-refractivity contribution in [2.45, 2.75) is 32.1 Å². The Bertz CT molecular complexity index is 272. The van der Waals surface area contributed by atoms with Gasteiger partial charge in [0.25, 0.3) is 0 Å². The summed E-state index contributed by atoms with van der Waals surface area (Å²) in [5.74, 6) is -1.00. The standard InChI is InChI=1S/C6H9N3O2.C3H9Si/c7-5(6(10)11)1-4-2-8-3-9-4;1-4(2)3/h2-3,5H,1,7H2,(H,8,9)(H,10,11);1-3H3/t5-;/m0./s1. The molecule has 0 bridgehead atoms. The third-order valence-corrected chi connectivity index (χ3v) is 1.31. The van der Waals surface area contributed by atoms with Crippen LogP contribution >= 0.6 is 0 Å². The lowest BCUT2D eigenvalue weighted by Crippen LogP contribution is -2.32. The summed E-state index contributed by atoms with van der Waals surface area (Å²) < 4.78 is 0. The number of nitrogens with two attached hydrogens (primary N) is 1. The Morgan fingerprint density at radius 2 is 2.20 bits per heavy atom. The molecule has 0 aliphatic heterocycles. The average Bonchev–Trinajstić information content (AvgIpc) is 2.55. The molecular formula is C9H18N3O2Si. The summed E-state index contributed by atoms with van der Waals surface area (Å²) in [4.78, 5) is 16.8. The van der Waals surface area contributed by atoms with Crippen molar-refractivity contribution in [1.29, 1.82) is 0 Å². The fraction of sp³-hybridized carbons (Fsp3) is 0.556. The second kappa shape index (κ2) is 7.19. The van der Waals surface area contributed by atoms with Gasteiger partial charge in [-0.15, -0.1) is 0 Å².